The lowest BCUT2D eigenvalue weighted by molar-refractivity contribution is -0.147. The zero-order valence-electron chi connectivity index (χ0n) is 16.8. The van der Waals surface area contributed by atoms with Crippen molar-refractivity contribution in [1.82, 2.24) is 4.98 Å². The van der Waals surface area contributed by atoms with Crippen LogP contribution in [-0.2, 0) is 26.9 Å². The molecule has 0 spiro atoms. The molecule has 1 N–H and O–H groups in total. The molecule has 0 aliphatic carbocycles. The van der Waals surface area contributed by atoms with Crippen molar-refractivity contribution < 1.29 is 31.9 Å². The summed E-state index contributed by atoms with van der Waals surface area (Å²) < 4.78 is 49.6. The fourth-order valence-corrected chi connectivity index (χ4v) is 2.99. The Bertz CT molecular complexity index is 1110. The molecule has 0 atom stereocenters. The number of carbonyl (C=O) groups excluding carboxylic acids is 2. The lowest BCUT2D eigenvalue weighted by atomic mass is 10.1. The first-order valence-electron chi connectivity index (χ1n) is 9.46. The third-order valence-electron chi connectivity index (χ3n) is 4.38. The highest BCUT2D eigenvalue weighted by Crippen LogP contribution is 2.38. The Morgan fingerprint density at radius 2 is 1.88 bits per heavy atom. The molecule has 2 aromatic carbocycles. The summed E-state index contributed by atoms with van der Waals surface area (Å²) in [6, 6.07) is 10.7. The van der Waals surface area contributed by atoms with Crippen molar-refractivity contribution in [2.75, 3.05) is 11.9 Å². The fraction of sp³-hybridized carbons (Fsp3) is 0.227. The standard InChI is InChI=1S/C22H18ClF3N2O4/c1-13-5-7-14(8-6-13)17-11-27-19(32-17)9-10-20(30)31-12-18(29)28-21-15(22(24,25)26)3-2-4-16(21)23/h2-8,11H,9-10,12H2,1H3,(H,28,29). The Morgan fingerprint density at radius 1 is 1.16 bits per heavy atom. The van der Waals surface area contributed by atoms with Gasteiger partial charge in [-0.25, -0.2) is 4.98 Å². The zero-order valence-corrected chi connectivity index (χ0v) is 17.6. The van der Waals surface area contributed by atoms with Gasteiger partial charge >= 0.3 is 12.1 Å². The topological polar surface area (TPSA) is 81.4 Å². The summed E-state index contributed by atoms with van der Waals surface area (Å²) in [4.78, 5) is 28.0. The number of aromatic nitrogens is 1. The molecule has 1 amide bonds. The maximum Gasteiger partial charge on any atom is 0.418 e. The molecule has 0 unspecified atom stereocenters. The van der Waals surface area contributed by atoms with E-state index in [1.54, 1.807) is 6.20 Å². The van der Waals surface area contributed by atoms with Gasteiger partial charge in [0.15, 0.2) is 18.3 Å². The van der Waals surface area contributed by atoms with Gasteiger partial charge in [0.05, 0.1) is 28.9 Å². The Labute approximate surface area is 186 Å². The molecule has 0 radical (unpaired) electrons. The van der Waals surface area contributed by atoms with Gasteiger partial charge in [0.1, 0.15) is 0 Å². The monoisotopic (exact) mass is 466 g/mol. The van der Waals surface area contributed by atoms with Crippen LogP contribution in [0.3, 0.4) is 0 Å². The fourth-order valence-electron chi connectivity index (χ4n) is 2.77. The molecule has 168 valence electrons. The number of para-hydroxylation sites is 1. The number of hydrogen-bond donors (Lipinski definition) is 1. The molecular formula is C22H18ClF3N2O4. The van der Waals surface area contributed by atoms with Gasteiger partial charge in [-0.3, -0.25) is 9.59 Å². The van der Waals surface area contributed by atoms with Gasteiger partial charge in [0, 0.05) is 12.0 Å². The van der Waals surface area contributed by atoms with Gasteiger partial charge in [-0.2, -0.15) is 13.2 Å². The molecular weight excluding hydrogens is 449 g/mol. The first-order chi connectivity index (χ1) is 15.1. The van der Waals surface area contributed by atoms with E-state index in [9.17, 15) is 22.8 Å². The van der Waals surface area contributed by atoms with E-state index >= 15 is 0 Å². The number of anilines is 1. The number of nitrogens with one attached hydrogen (secondary N) is 1. The van der Waals surface area contributed by atoms with Crippen LogP contribution in [-0.4, -0.2) is 23.5 Å². The van der Waals surface area contributed by atoms with Crippen molar-refractivity contribution in [2.24, 2.45) is 0 Å². The third kappa shape index (κ3) is 6.10. The minimum atomic E-state index is -4.71. The average molecular weight is 467 g/mol. The van der Waals surface area contributed by atoms with Crippen LogP contribution in [0.4, 0.5) is 18.9 Å². The number of ether oxygens (including phenoxy) is 1. The van der Waals surface area contributed by atoms with Crippen LogP contribution in [0.5, 0.6) is 0 Å². The number of hydrogen-bond acceptors (Lipinski definition) is 5. The minimum absolute atomic E-state index is 0.124. The predicted molar refractivity (Wildman–Crippen MR) is 111 cm³/mol. The molecule has 10 heteroatoms. The molecule has 1 heterocycles. The van der Waals surface area contributed by atoms with Crippen LogP contribution in [0.1, 0.15) is 23.4 Å². The highest BCUT2D eigenvalue weighted by atomic mass is 35.5. The Balaban J connectivity index is 1.50. The summed E-state index contributed by atoms with van der Waals surface area (Å²) >= 11 is 5.77. The summed E-state index contributed by atoms with van der Waals surface area (Å²) in [6.45, 7) is 1.20. The van der Waals surface area contributed by atoms with E-state index in [-0.39, 0.29) is 17.9 Å². The number of oxazole rings is 1. The van der Waals surface area contributed by atoms with Gasteiger partial charge in [0.2, 0.25) is 0 Å². The summed E-state index contributed by atoms with van der Waals surface area (Å²) in [5.74, 6) is -0.819. The number of aryl methyl sites for hydroxylation is 2. The van der Waals surface area contributed by atoms with Crippen molar-refractivity contribution in [3.63, 3.8) is 0 Å². The Morgan fingerprint density at radius 3 is 2.56 bits per heavy atom. The second kappa shape index (κ2) is 9.86. The van der Waals surface area contributed by atoms with Gasteiger partial charge in [-0.1, -0.05) is 47.5 Å². The smallest absolute Gasteiger partial charge is 0.418 e. The van der Waals surface area contributed by atoms with E-state index in [1.807, 2.05) is 36.5 Å². The number of nitrogens with zero attached hydrogens (tertiary/aromatic N) is 1. The third-order valence-corrected chi connectivity index (χ3v) is 4.70. The van der Waals surface area contributed by atoms with E-state index in [0.29, 0.717) is 11.7 Å². The van der Waals surface area contributed by atoms with Gasteiger partial charge in [0.25, 0.3) is 5.91 Å². The molecule has 0 aliphatic heterocycles. The van der Waals surface area contributed by atoms with E-state index in [0.717, 1.165) is 23.3 Å². The number of alkyl halides is 3. The lowest BCUT2D eigenvalue weighted by Crippen LogP contribution is -2.23. The second-order valence-electron chi connectivity index (χ2n) is 6.85. The van der Waals surface area contributed by atoms with Gasteiger partial charge in [-0.05, 0) is 19.1 Å². The molecule has 1 aromatic heterocycles. The predicted octanol–water partition coefficient (Wildman–Crippen LogP) is 5.44. The number of halogens is 4. The average Bonchev–Trinajstić information content (AvgIpc) is 3.21. The lowest BCUT2D eigenvalue weighted by Gasteiger charge is -2.15. The van der Waals surface area contributed by atoms with Crippen molar-refractivity contribution in [2.45, 2.75) is 25.9 Å². The molecule has 6 nitrogen and oxygen atoms in total. The van der Waals surface area contributed by atoms with Gasteiger partial charge < -0.3 is 14.5 Å². The number of benzene rings is 2. The molecule has 0 fully saturated rings. The number of esters is 1. The van der Waals surface area contributed by atoms with Crippen LogP contribution in [0, 0.1) is 6.92 Å². The largest absolute Gasteiger partial charge is 0.456 e. The SMILES string of the molecule is Cc1ccc(-c2cnc(CCC(=O)OCC(=O)Nc3c(Cl)cccc3C(F)(F)F)o2)cc1. The summed E-state index contributed by atoms with van der Waals surface area (Å²) in [6.07, 6.45) is -3.16. The summed E-state index contributed by atoms with van der Waals surface area (Å²) in [7, 11) is 0. The molecule has 0 bridgehead atoms. The van der Waals surface area contributed by atoms with Crippen molar-refractivity contribution in [1.29, 1.82) is 0 Å². The molecule has 3 rings (SSSR count). The molecule has 0 saturated heterocycles. The van der Waals surface area contributed by atoms with Crippen molar-refractivity contribution in [3.05, 3.63) is 70.7 Å². The Kier molecular flexibility index (Phi) is 7.19. The van der Waals surface area contributed by atoms with Crippen LogP contribution in [0.2, 0.25) is 5.02 Å². The maximum absolute atomic E-state index is 13.1. The minimum Gasteiger partial charge on any atom is -0.456 e. The summed E-state index contributed by atoms with van der Waals surface area (Å²) in [5, 5.41) is 1.76. The van der Waals surface area contributed by atoms with E-state index < -0.39 is 35.9 Å². The number of carbonyl (C=O) groups is 2. The van der Waals surface area contributed by atoms with E-state index in [1.165, 1.54) is 6.07 Å². The van der Waals surface area contributed by atoms with E-state index in [4.69, 9.17) is 20.8 Å². The first-order valence-corrected chi connectivity index (χ1v) is 9.84. The zero-order chi connectivity index (χ0) is 23.3. The van der Waals surface area contributed by atoms with Crippen LogP contribution < -0.4 is 5.32 Å². The van der Waals surface area contributed by atoms with Gasteiger partial charge in [-0.15, -0.1) is 0 Å². The van der Waals surface area contributed by atoms with Crippen LogP contribution in [0.15, 0.2) is 53.1 Å². The molecule has 0 aliphatic rings. The Hall–Kier alpha value is -3.33. The van der Waals surface area contributed by atoms with E-state index in [2.05, 4.69) is 4.98 Å². The van der Waals surface area contributed by atoms with Crippen LogP contribution in [0.25, 0.3) is 11.3 Å². The highest BCUT2D eigenvalue weighted by molar-refractivity contribution is 6.34. The number of rotatable bonds is 7. The van der Waals surface area contributed by atoms with Crippen molar-refractivity contribution in [3.8, 4) is 11.3 Å². The number of amides is 1. The van der Waals surface area contributed by atoms with Crippen LogP contribution >= 0.6 is 11.6 Å². The molecule has 3 aromatic rings. The first kappa shape index (κ1) is 23.3. The second-order valence-corrected chi connectivity index (χ2v) is 7.26. The van der Waals surface area contributed by atoms with Crippen molar-refractivity contribution >= 4 is 29.2 Å². The molecule has 0 saturated carbocycles. The summed E-state index contributed by atoms with van der Waals surface area (Å²) in [5.41, 5.74) is 0.250. The quantitative estimate of drug-likeness (QED) is 0.469. The normalized spacial score (nSPS) is 11.3. The maximum atomic E-state index is 13.1. The molecule has 32 heavy (non-hydrogen) atoms. The highest BCUT2D eigenvalue weighted by Gasteiger charge is 2.34.